The Kier molecular flexibility index (Phi) is 3.66. The highest BCUT2D eigenvalue weighted by molar-refractivity contribution is 5.07. The number of hydrazine groups is 1. The molecule has 15 heavy (non-hydrogen) atoms. The van der Waals surface area contributed by atoms with Gasteiger partial charge in [0.1, 0.15) is 0 Å². The standard InChI is InChI=1S/C11H18N4/c1-14-5-7-15(8-6-14)13-10-11-3-2-4-12-9-11/h2-4,9,13H,5-8,10H2,1H3. The summed E-state index contributed by atoms with van der Waals surface area (Å²) in [5.41, 5.74) is 4.66. The summed E-state index contributed by atoms with van der Waals surface area (Å²) in [6, 6.07) is 4.07. The highest BCUT2D eigenvalue weighted by Gasteiger charge is 2.12. The number of hydrogen-bond acceptors (Lipinski definition) is 4. The van der Waals surface area contributed by atoms with Crippen molar-refractivity contribution < 1.29 is 0 Å². The van der Waals surface area contributed by atoms with Crippen molar-refractivity contribution in [2.24, 2.45) is 0 Å². The van der Waals surface area contributed by atoms with Crippen LogP contribution in [0.15, 0.2) is 24.5 Å². The zero-order chi connectivity index (χ0) is 10.5. The molecule has 1 saturated heterocycles. The average Bonchev–Trinajstić information content (AvgIpc) is 2.30. The second-order valence-corrected chi connectivity index (χ2v) is 3.99. The average molecular weight is 206 g/mol. The Morgan fingerprint density at radius 1 is 1.33 bits per heavy atom. The highest BCUT2D eigenvalue weighted by Crippen LogP contribution is 1.98. The molecule has 0 unspecified atom stereocenters. The molecule has 0 spiro atoms. The molecular formula is C11H18N4. The largest absolute Gasteiger partial charge is 0.304 e. The molecule has 0 aliphatic carbocycles. The topological polar surface area (TPSA) is 31.4 Å². The van der Waals surface area contributed by atoms with Crippen LogP contribution in [0.1, 0.15) is 5.56 Å². The van der Waals surface area contributed by atoms with Crippen LogP contribution in [0.2, 0.25) is 0 Å². The summed E-state index contributed by atoms with van der Waals surface area (Å²) in [7, 11) is 2.17. The molecule has 1 aliphatic heterocycles. The van der Waals surface area contributed by atoms with Crippen LogP contribution in [0.4, 0.5) is 0 Å². The summed E-state index contributed by atoms with van der Waals surface area (Å²) in [6.45, 7) is 5.34. The molecule has 1 aliphatic rings. The number of hydrogen-bond donors (Lipinski definition) is 1. The Balaban J connectivity index is 1.74. The van der Waals surface area contributed by atoms with Gasteiger partial charge in [-0.15, -0.1) is 0 Å². The van der Waals surface area contributed by atoms with Crippen LogP contribution in [0, 0.1) is 0 Å². The Bertz CT molecular complexity index is 280. The van der Waals surface area contributed by atoms with E-state index in [9.17, 15) is 0 Å². The molecule has 0 amide bonds. The van der Waals surface area contributed by atoms with Crippen molar-refractivity contribution in [2.75, 3.05) is 33.2 Å². The monoisotopic (exact) mass is 206 g/mol. The van der Waals surface area contributed by atoms with E-state index in [0.29, 0.717) is 0 Å². The number of nitrogens with zero attached hydrogens (tertiary/aromatic N) is 3. The lowest BCUT2D eigenvalue weighted by atomic mass is 10.3. The van der Waals surface area contributed by atoms with Crippen molar-refractivity contribution in [1.29, 1.82) is 0 Å². The molecule has 2 heterocycles. The summed E-state index contributed by atoms with van der Waals surface area (Å²) in [4.78, 5) is 6.44. The maximum Gasteiger partial charge on any atom is 0.0368 e. The van der Waals surface area contributed by atoms with E-state index in [2.05, 4.69) is 33.4 Å². The summed E-state index contributed by atoms with van der Waals surface area (Å²) >= 11 is 0. The quantitative estimate of drug-likeness (QED) is 0.772. The maximum absolute atomic E-state index is 4.09. The minimum absolute atomic E-state index is 0.873. The van der Waals surface area contributed by atoms with Crippen molar-refractivity contribution >= 4 is 0 Å². The number of aromatic nitrogens is 1. The molecule has 0 aromatic carbocycles. The van der Waals surface area contributed by atoms with E-state index < -0.39 is 0 Å². The van der Waals surface area contributed by atoms with E-state index in [1.165, 1.54) is 5.56 Å². The van der Waals surface area contributed by atoms with Gasteiger partial charge in [-0.1, -0.05) is 6.07 Å². The van der Waals surface area contributed by atoms with Gasteiger partial charge in [0.15, 0.2) is 0 Å². The predicted octanol–water partition coefficient (Wildman–Crippen LogP) is 0.334. The minimum atomic E-state index is 0.873. The molecule has 0 bridgehead atoms. The van der Waals surface area contributed by atoms with E-state index in [1.807, 2.05) is 12.3 Å². The van der Waals surface area contributed by atoms with Gasteiger partial charge in [0, 0.05) is 45.1 Å². The van der Waals surface area contributed by atoms with Gasteiger partial charge in [-0.25, -0.2) is 5.01 Å². The first-order valence-electron chi connectivity index (χ1n) is 5.40. The molecule has 4 nitrogen and oxygen atoms in total. The van der Waals surface area contributed by atoms with Crippen LogP contribution in [0.25, 0.3) is 0 Å². The second-order valence-electron chi connectivity index (χ2n) is 3.99. The van der Waals surface area contributed by atoms with Gasteiger partial charge in [0.05, 0.1) is 0 Å². The van der Waals surface area contributed by atoms with Gasteiger partial charge in [0.25, 0.3) is 0 Å². The van der Waals surface area contributed by atoms with Crippen molar-refractivity contribution in [3.63, 3.8) is 0 Å². The first kappa shape index (κ1) is 10.5. The summed E-state index contributed by atoms with van der Waals surface area (Å²) < 4.78 is 0. The van der Waals surface area contributed by atoms with Crippen LogP contribution in [-0.2, 0) is 6.54 Å². The lowest BCUT2D eigenvalue weighted by Gasteiger charge is -2.32. The third kappa shape index (κ3) is 3.27. The molecule has 2 rings (SSSR count). The molecule has 1 aromatic rings. The lowest BCUT2D eigenvalue weighted by molar-refractivity contribution is 0.102. The van der Waals surface area contributed by atoms with Gasteiger partial charge >= 0.3 is 0 Å². The molecule has 1 fully saturated rings. The van der Waals surface area contributed by atoms with Gasteiger partial charge < -0.3 is 4.90 Å². The Morgan fingerprint density at radius 3 is 2.80 bits per heavy atom. The van der Waals surface area contributed by atoms with Gasteiger partial charge in [-0.2, -0.15) is 0 Å². The smallest absolute Gasteiger partial charge is 0.0368 e. The van der Waals surface area contributed by atoms with E-state index in [-0.39, 0.29) is 0 Å². The van der Waals surface area contributed by atoms with Crippen LogP contribution in [0.5, 0.6) is 0 Å². The SMILES string of the molecule is CN1CCN(NCc2cccnc2)CC1. The molecule has 82 valence electrons. The fraction of sp³-hybridized carbons (Fsp3) is 0.545. The van der Waals surface area contributed by atoms with Gasteiger partial charge in [0.2, 0.25) is 0 Å². The molecule has 0 saturated carbocycles. The first-order chi connectivity index (χ1) is 7.34. The predicted molar refractivity (Wildman–Crippen MR) is 60.1 cm³/mol. The summed E-state index contributed by atoms with van der Waals surface area (Å²) in [5, 5.41) is 2.28. The normalized spacial score (nSPS) is 19.3. The Labute approximate surface area is 90.9 Å². The molecule has 0 atom stereocenters. The third-order valence-corrected chi connectivity index (χ3v) is 2.73. The van der Waals surface area contributed by atoms with Crippen molar-refractivity contribution in [2.45, 2.75) is 6.54 Å². The summed E-state index contributed by atoms with van der Waals surface area (Å²) in [5.74, 6) is 0. The number of nitrogens with one attached hydrogen (secondary N) is 1. The van der Waals surface area contributed by atoms with Crippen LogP contribution in [-0.4, -0.2) is 48.1 Å². The first-order valence-corrected chi connectivity index (χ1v) is 5.40. The molecule has 1 aromatic heterocycles. The Hall–Kier alpha value is -0.970. The second kappa shape index (κ2) is 5.21. The van der Waals surface area contributed by atoms with Gasteiger partial charge in [-0.05, 0) is 18.7 Å². The fourth-order valence-corrected chi connectivity index (χ4v) is 1.67. The van der Waals surface area contributed by atoms with Crippen LogP contribution < -0.4 is 5.43 Å². The number of pyridine rings is 1. The fourth-order valence-electron chi connectivity index (χ4n) is 1.67. The molecule has 4 heteroatoms. The van der Waals surface area contributed by atoms with Crippen molar-refractivity contribution in [3.05, 3.63) is 30.1 Å². The highest BCUT2D eigenvalue weighted by atomic mass is 15.5. The number of piperazine rings is 1. The minimum Gasteiger partial charge on any atom is -0.304 e. The summed E-state index contributed by atoms with van der Waals surface area (Å²) in [6.07, 6.45) is 3.71. The van der Waals surface area contributed by atoms with E-state index in [1.54, 1.807) is 6.20 Å². The number of rotatable bonds is 3. The third-order valence-electron chi connectivity index (χ3n) is 2.73. The van der Waals surface area contributed by atoms with Gasteiger partial charge in [-0.3, -0.25) is 10.4 Å². The van der Waals surface area contributed by atoms with E-state index in [0.717, 1.165) is 32.7 Å². The Morgan fingerprint density at radius 2 is 2.13 bits per heavy atom. The zero-order valence-corrected chi connectivity index (χ0v) is 9.19. The lowest BCUT2D eigenvalue weighted by Crippen LogP contribution is -2.50. The zero-order valence-electron chi connectivity index (χ0n) is 9.19. The molecule has 0 radical (unpaired) electrons. The van der Waals surface area contributed by atoms with Crippen molar-refractivity contribution in [1.82, 2.24) is 20.3 Å². The van der Waals surface area contributed by atoms with E-state index >= 15 is 0 Å². The van der Waals surface area contributed by atoms with Crippen molar-refractivity contribution in [3.8, 4) is 0 Å². The maximum atomic E-state index is 4.09. The van der Waals surface area contributed by atoms with Crippen LogP contribution >= 0.6 is 0 Å². The molecule has 1 N–H and O–H groups in total. The molecular weight excluding hydrogens is 188 g/mol. The van der Waals surface area contributed by atoms with E-state index in [4.69, 9.17) is 0 Å². The van der Waals surface area contributed by atoms with Crippen LogP contribution in [0.3, 0.4) is 0 Å². The number of likely N-dealkylation sites (N-methyl/N-ethyl adjacent to an activating group) is 1.